The van der Waals surface area contributed by atoms with Crippen molar-refractivity contribution in [2.75, 3.05) is 26.3 Å². The highest BCUT2D eigenvalue weighted by molar-refractivity contribution is 5.85. The Balaban J connectivity index is 1.97. The van der Waals surface area contributed by atoms with Crippen LogP contribution in [0.25, 0.3) is 0 Å². The lowest BCUT2D eigenvalue weighted by Gasteiger charge is -2.05. The van der Waals surface area contributed by atoms with E-state index in [0.717, 1.165) is 12.8 Å². The molecule has 1 rings (SSSR count). The standard InChI is InChI=1S/C9H17N3O3/c10-3-4-15-6-9(14)11-5-8(13)12-7-1-2-7/h7H,1-6,10H2,(H,11,14)(H,12,13). The Morgan fingerprint density at radius 1 is 1.33 bits per heavy atom. The second-order valence-electron chi connectivity index (χ2n) is 3.46. The average Bonchev–Trinajstić information content (AvgIpc) is 2.99. The summed E-state index contributed by atoms with van der Waals surface area (Å²) < 4.78 is 4.90. The molecule has 86 valence electrons. The summed E-state index contributed by atoms with van der Waals surface area (Å²) in [7, 11) is 0. The Morgan fingerprint density at radius 3 is 2.67 bits per heavy atom. The molecule has 1 saturated carbocycles. The van der Waals surface area contributed by atoms with E-state index in [0.29, 0.717) is 19.2 Å². The molecule has 0 heterocycles. The normalized spacial score (nSPS) is 14.7. The van der Waals surface area contributed by atoms with E-state index in [4.69, 9.17) is 10.5 Å². The van der Waals surface area contributed by atoms with Crippen LogP contribution in [0.4, 0.5) is 0 Å². The largest absolute Gasteiger partial charge is 0.370 e. The molecule has 6 nitrogen and oxygen atoms in total. The number of amides is 2. The molecule has 1 aliphatic rings. The lowest BCUT2D eigenvalue weighted by molar-refractivity contribution is -0.129. The maximum absolute atomic E-state index is 11.1. The van der Waals surface area contributed by atoms with Crippen LogP contribution >= 0.6 is 0 Å². The van der Waals surface area contributed by atoms with E-state index in [1.807, 2.05) is 0 Å². The highest BCUT2D eigenvalue weighted by Gasteiger charge is 2.22. The second kappa shape index (κ2) is 6.36. The van der Waals surface area contributed by atoms with Gasteiger partial charge in [0.25, 0.3) is 0 Å². The fourth-order valence-electron chi connectivity index (χ4n) is 0.984. The van der Waals surface area contributed by atoms with Gasteiger partial charge in [-0.3, -0.25) is 9.59 Å². The number of carbonyl (C=O) groups excluding carboxylic acids is 2. The number of rotatable bonds is 7. The summed E-state index contributed by atoms with van der Waals surface area (Å²) in [5, 5.41) is 5.22. The average molecular weight is 215 g/mol. The lowest BCUT2D eigenvalue weighted by Crippen LogP contribution is -2.39. The number of hydrogen-bond donors (Lipinski definition) is 3. The summed E-state index contributed by atoms with van der Waals surface area (Å²) in [4.78, 5) is 22.2. The lowest BCUT2D eigenvalue weighted by atomic mass is 10.5. The van der Waals surface area contributed by atoms with Gasteiger partial charge in [-0.05, 0) is 12.8 Å². The van der Waals surface area contributed by atoms with E-state index >= 15 is 0 Å². The Morgan fingerprint density at radius 2 is 2.07 bits per heavy atom. The maximum Gasteiger partial charge on any atom is 0.246 e. The molecule has 0 aliphatic heterocycles. The summed E-state index contributed by atoms with van der Waals surface area (Å²) in [5.74, 6) is -0.445. The molecule has 4 N–H and O–H groups in total. The summed E-state index contributed by atoms with van der Waals surface area (Å²) >= 11 is 0. The highest BCUT2D eigenvalue weighted by Crippen LogP contribution is 2.17. The molecule has 15 heavy (non-hydrogen) atoms. The predicted molar refractivity (Wildman–Crippen MR) is 54.0 cm³/mol. The first-order chi connectivity index (χ1) is 7.22. The molecule has 6 heteroatoms. The Hall–Kier alpha value is -1.14. The molecule has 0 radical (unpaired) electrons. The minimum absolute atomic E-state index is 0.0152. The van der Waals surface area contributed by atoms with E-state index < -0.39 is 0 Å². The molecule has 1 aliphatic carbocycles. The molecule has 1 fully saturated rings. The van der Waals surface area contributed by atoms with Gasteiger partial charge in [0.1, 0.15) is 6.61 Å². The molecule has 0 saturated heterocycles. The van der Waals surface area contributed by atoms with Gasteiger partial charge < -0.3 is 21.1 Å². The minimum Gasteiger partial charge on any atom is -0.370 e. The Labute approximate surface area is 88.5 Å². The van der Waals surface area contributed by atoms with Crippen molar-refractivity contribution in [2.45, 2.75) is 18.9 Å². The van der Waals surface area contributed by atoms with Gasteiger partial charge in [-0.1, -0.05) is 0 Å². The van der Waals surface area contributed by atoms with Crippen LogP contribution in [0.2, 0.25) is 0 Å². The number of hydrogen-bond acceptors (Lipinski definition) is 4. The van der Waals surface area contributed by atoms with E-state index in [-0.39, 0.29) is 25.0 Å². The van der Waals surface area contributed by atoms with E-state index in [1.54, 1.807) is 0 Å². The number of nitrogens with two attached hydrogens (primary N) is 1. The van der Waals surface area contributed by atoms with Crippen LogP contribution < -0.4 is 16.4 Å². The number of nitrogens with one attached hydrogen (secondary N) is 2. The number of ether oxygens (including phenoxy) is 1. The van der Waals surface area contributed by atoms with E-state index in [2.05, 4.69) is 10.6 Å². The van der Waals surface area contributed by atoms with Crippen LogP contribution in [0, 0.1) is 0 Å². The van der Waals surface area contributed by atoms with Crippen molar-refractivity contribution in [2.24, 2.45) is 5.73 Å². The van der Waals surface area contributed by atoms with Crippen LogP contribution in [0.5, 0.6) is 0 Å². The van der Waals surface area contributed by atoms with E-state index in [1.165, 1.54) is 0 Å². The van der Waals surface area contributed by atoms with Crippen molar-refractivity contribution >= 4 is 11.8 Å². The predicted octanol–water partition coefficient (Wildman–Crippen LogP) is -1.64. The summed E-state index contributed by atoms with van der Waals surface area (Å²) in [6, 6.07) is 0.322. The zero-order valence-corrected chi connectivity index (χ0v) is 8.62. The van der Waals surface area contributed by atoms with Crippen molar-refractivity contribution in [3.8, 4) is 0 Å². The van der Waals surface area contributed by atoms with Crippen LogP contribution in [0.15, 0.2) is 0 Å². The van der Waals surface area contributed by atoms with Gasteiger partial charge in [-0.25, -0.2) is 0 Å². The first kappa shape index (κ1) is 11.9. The smallest absolute Gasteiger partial charge is 0.246 e. The highest BCUT2D eigenvalue weighted by atomic mass is 16.5. The van der Waals surface area contributed by atoms with Crippen LogP contribution in [0.3, 0.4) is 0 Å². The molecule has 0 aromatic carbocycles. The summed E-state index contributed by atoms with van der Waals surface area (Å²) in [5.41, 5.74) is 5.18. The maximum atomic E-state index is 11.1. The van der Waals surface area contributed by atoms with Gasteiger partial charge in [0.2, 0.25) is 11.8 Å². The van der Waals surface area contributed by atoms with Crippen molar-refractivity contribution in [3.05, 3.63) is 0 Å². The summed E-state index contributed by atoms with van der Waals surface area (Å²) in [6.45, 7) is 0.701. The molecule has 0 bridgehead atoms. The quantitative estimate of drug-likeness (QED) is 0.444. The van der Waals surface area contributed by atoms with Crippen molar-refractivity contribution < 1.29 is 14.3 Å². The summed E-state index contributed by atoms with van der Waals surface area (Å²) in [6.07, 6.45) is 2.08. The third-order valence-corrected chi connectivity index (χ3v) is 1.88. The zero-order valence-electron chi connectivity index (χ0n) is 8.62. The van der Waals surface area contributed by atoms with Gasteiger partial charge in [0.15, 0.2) is 0 Å². The monoisotopic (exact) mass is 215 g/mol. The van der Waals surface area contributed by atoms with Crippen molar-refractivity contribution in [3.63, 3.8) is 0 Å². The fraction of sp³-hybridized carbons (Fsp3) is 0.778. The molecule has 0 aromatic rings. The molecule has 0 aromatic heterocycles. The van der Waals surface area contributed by atoms with Gasteiger partial charge >= 0.3 is 0 Å². The third-order valence-electron chi connectivity index (χ3n) is 1.88. The Kier molecular flexibility index (Phi) is 5.06. The van der Waals surface area contributed by atoms with Crippen LogP contribution in [-0.2, 0) is 14.3 Å². The van der Waals surface area contributed by atoms with Crippen LogP contribution in [-0.4, -0.2) is 44.2 Å². The van der Waals surface area contributed by atoms with Crippen molar-refractivity contribution in [1.29, 1.82) is 0 Å². The zero-order chi connectivity index (χ0) is 11.1. The Bertz CT molecular complexity index is 229. The van der Waals surface area contributed by atoms with Crippen LogP contribution in [0.1, 0.15) is 12.8 Å². The third kappa shape index (κ3) is 6.03. The second-order valence-corrected chi connectivity index (χ2v) is 3.46. The van der Waals surface area contributed by atoms with Gasteiger partial charge in [-0.2, -0.15) is 0 Å². The number of carbonyl (C=O) groups is 2. The molecule has 2 amide bonds. The molecule has 0 spiro atoms. The topological polar surface area (TPSA) is 93.4 Å². The molecule has 0 atom stereocenters. The first-order valence-electron chi connectivity index (χ1n) is 5.06. The van der Waals surface area contributed by atoms with E-state index in [9.17, 15) is 9.59 Å². The molecule has 0 unspecified atom stereocenters. The first-order valence-corrected chi connectivity index (χ1v) is 5.06. The molecular formula is C9H17N3O3. The molecular weight excluding hydrogens is 198 g/mol. The van der Waals surface area contributed by atoms with Crippen molar-refractivity contribution in [1.82, 2.24) is 10.6 Å². The SMILES string of the molecule is NCCOCC(=O)NCC(=O)NC1CC1. The van der Waals surface area contributed by atoms with Gasteiger partial charge in [0.05, 0.1) is 13.2 Å². The van der Waals surface area contributed by atoms with Gasteiger partial charge in [0, 0.05) is 12.6 Å². The van der Waals surface area contributed by atoms with Gasteiger partial charge in [-0.15, -0.1) is 0 Å². The fourth-order valence-corrected chi connectivity index (χ4v) is 0.984. The minimum atomic E-state index is -0.297.